The molecule has 1 fully saturated rings. The lowest BCUT2D eigenvalue weighted by Crippen LogP contribution is -2.43. The Balaban J connectivity index is 2.34. The second kappa shape index (κ2) is 5.32. The van der Waals surface area contributed by atoms with Crippen LogP contribution >= 0.6 is 0 Å². The maximum atomic E-state index is 8.90. The SMILES string of the molecule is CCC(NCC1(CCO)CC1)C(N)=NO. The van der Waals surface area contributed by atoms with E-state index in [1.807, 2.05) is 6.92 Å². The van der Waals surface area contributed by atoms with Gasteiger partial charge < -0.3 is 21.4 Å². The minimum absolute atomic E-state index is 0.0637. The zero-order valence-corrected chi connectivity index (χ0v) is 9.24. The number of amidine groups is 1. The van der Waals surface area contributed by atoms with Crippen LogP contribution in [0.5, 0.6) is 0 Å². The van der Waals surface area contributed by atoms with Gasteiger partial charge >= 0.3 is 0 Å². The van der Waals surface area contributed by atoms with Gasteiger partial charge in [-0.1, -0.05) is 12.1 Å². The van der Waals surface area contributed by atoms with Crippen LogP contribution in [0.3, 0.4) is 0 Å². The molecular weight excluding hydrogens is 194 g/mol. The van der Waals surface area contributed by atoms with Crippen LogP contribution in [0.2, 0.25) is 0 Å². The molecule has 0 radical (unpaired) electrons. The van der Waals surface area contributed by atoms with Gasteiger partial charge in [0.1, 0.15) is 0 Å². The summed E-state index contributed by atoms with van der Waals surface area (Å²) >= 11 is 0. The number of aliphatic hydroxyl groups is 1. The van der Waals surface area contributed by atoms with Gasteiger partial charge in [-0.15, -0.1) is 0 Å². The van der Waals surface area contributed by atoms with E-state index < -0.39 is 0 Å². The van der Waals surface area contributed by atoms with E-state index in [-0.39, 0.29) is 23.9 Å². The van der Waals surface area contributed by atoms with Gasteiger partial charge in [0.15, 0.2) is 5.84 Å². The van der Waals surface area contributed by atoms with Gasteiger partial charge in [0.25, 0.3) is 0 Å². The Kier molecular flexibility index (Phi) is 4.35. The Morgan fingerprint density at radius 2 is 2.27 bits per heavy atom. The fourth-order valence-electron chi connectivity index (χ4n) is 1.80. The quantitative estimate of drug-likeness (QED) is 0.212. The molecular formula is C10H21N3O2. The van der Waals surface area contributed by atoms with E-state index in [1.54, 1.807) is 0 Å². The Hall–Kier alpha value is -0.810. The number of oxime groups is 1. The van der Waals surface area contributed by atoms with Crippen molar-refractivity contribution < 1.29 is 10.3 Å². The van der Waals surface area contributed by atoms with Crippen molar-refractivity contribution in [2.75, 3.05) is 13.2 Å². The Bertz CT molecular complexity index is 227. The van der Waals surface area contributed by atoms with Gasteiger partial charge in [0.2, 0.25) is 0 Å². The summed E-state index contributed by atoms with van der Waals surface area (Å²) in [6.45, 7) is 3.06. The van der Waals surface area contributed by atoms with Crippen molar-refractivity contribution >= 4 is 5.84 Å². The number of rotatable bonds is 7. The van der Waals surface area contributed by atoms with E-state index in [2.05, 4.69) is 10.5 Å². The topological polar surface area (TPSA) is 90.9 Å². The molecule has 1 atom stereocenters. The largest absolute Gasteiger partial charge is 0.409 e. The molecule has 5 N–H and O–H groups in total. The summed E-state index contributed by atoms with van der Waals surface area (Å²) in [5, 5.41) is 23.8. The van der Waals surface area contributed by atoms with Crippen molar-refractivity contribution in [3.8, 4) is 0 Å². The van der Waals surface area contributed by atoms with Crippen LogP contribution in [-0.2, 0) is 0 Å². The van der Waals surface area contributed by atoms with E-state index >= 15 is 0 Å². The van der Waals surface area contributed by atoms with Crippen LogP contribution in [0.4, 0.5) is 0 Å². The Labute approximate surface area is 90.3 Å². The van der Waals surface area contributed by atoms with E-state index in [9.17, 15) is 0 Å². The average Bonchev–Trinajstić information content (AvgIpc) is 2.99. The van der Waals surface area contributed by atoms with Crippen molar-refractivity contribution in [2.24, 2.45) is 16.3 Å². The molecule has 0 heterocycles. The van der Waals surface area contributed by atoms with Crippen LogP contribution in [0, 0.1) is 5.41 Å². The molecule has 1 aliphatic rings. The van der Waals surface area contributed by atoms with Crippen LogP contribution in [0.15, 0.2) is 5.16 Å². The predicted octanol–water partition coefficient (Wildman–Crippen LogP) is 0.264. The van der Waals surface area contributed by atoms with E-state index in [0.29, 0.717) is 0 Å². The first-order chi connectivity index (χ1) is 7.17. The molecule has 1 saturated carbocycles. The number of nitrogens with two attached hydrogens (primary N) is 1. The third-order valence-corrected chi connectivity index (χ3v) is 3.20. The molecule has 0 bridgehead atoms. The minimum atomic E-state index is -0.0637. The molecule has 5 heteroatoms. The summed E-state index contributed by atoms with van der Waals surface area (Å²) in [5.41, 5.74) is 5.80. The molecule has 0 amide bonds. The average molecular weight is 215 g/mol. The monoisotopic (exact) mass is 215 g/mol. The van der Waals surface area contributed by atoms with Crippen LogP contribution in [0.1, 0.15) is 32.6 Å². The smallest absolute Gasteiger partial charge is 0.156 e. The third kappa shape index (κ3) is 3.35. The summed E-state index contributed by atoms with van der Waals surface area (Å²) in [6.07, 6.45) is 3.96. The van der Waals surface area contributed by atoms with Crippen LogP contribution in [0.25, 0.3) is 0 Å². The minimum Gasteiger partial charge on any atom is -0.409 e. The first-order valence-corrected chi connectivity index (χ1v) is 5.49. The van der Waals surface area contributed by atoms with Gasteiger partial charge in [0.05, 0.1) is 6.04 Å². The highest BCUT2D eigenvalue weighted by Gasteiger charge is 2.41. The number of hydrogen-bond acceptors (Lipinski definition) is 4. The molecule has 0 saturated heterocycles. The number of nitrogens with one attached hydrogen (secondary N) is 1. The van der Waals surface area contributed by atoms with Crippen molar-refractivity contribution in [2.45, 2.75) is 38.6 Å². The molecule has 0 aromatic carbocycles. The van der Waals surface area contributed by atoms with Gasteiger partial charge in [0, 0.05) is 13.2 Å². The number of aliphatic hydroxyl groups excluding tert-OH is 1. The highest BCUT2D eigenvalue weighted by atomic mass is 16.4. The first kappa shape index (κ1) is 12.3. The highest BCUT2D eigenvalue weighted by molar-refractivity contribution is 5.85. The summed E-state index contributed by atoms with van der Waals surface area (Å²) in [5.74, 6) is 0.234. The molecule has 15 heavy (non-hydrogen) atoms. The van der Waals surface area contributed by atoms with Crippen molar-refractivity contribution in [3.05, 3.63) is 0 Å². The van der Waals surface area contributed by atoms with E-state index in [0.717, 1.165) is 32.2 Å². The summed E-state index contributed by atoms with van der Waals surface area (Å²) in [7, 11) is 0. The van der Waals surface area contributed by atoms with E-state index in [1.165, 1.54) is 0 Å². The predicted molar refractivity (Wildman–Crippen MR) is 58.9 cm³/mol. The van der Waals surface area contributed by atoms with Gasteiger partial charge in [-0.25, -0.2) is 0 Å². The zero-order valence-electron chi connectivity index (χ0n) is 9.24. The van der Waals surface area contributed by atoms with Crippen molar-refractivity contribution in [1.29, 1.82) is 0 Å². The Morgan fingerprint density at radius 3 is 2.67 bits per heavy atom. The Morgan fingerprint density at radius 1 is 1.60 bits per heavy atom. The third-order valence-electron chi connectivity index (χ3n) is 3.20. The summed E-state index contributed by atoms with van der Waals surface area (Å²) in [6, 6.07) is -0.0637. The summed E-state index contributed by atoms with van der Waals surface area (Å²) < 4.78 is 0. The van der Waals surface area contributed by atoms with Crippen LogP contribution in [-0.4, -0.2) is 35.3 Å². The maximum absolute atomic E-state index is 8.90. The second-order valence-electron chi connectivity index (χ2n) is 4.34. The van der Waals surface area contributed by atoms with Gasteiger partial charge in [-0.3, -0.25) is 0 Å². The molecule has 0 spiro atoms. The standard InChI is InChI=1S/C10H21N3O2/c1-2-8(9(11)13-15)12-7-10(3-4-10)5-6-14/h8,12,14-15H,2-7H2,1H3,(H2,11,13). The molecule has 5 nitrogen and oxygen atoms in total. The molecule has 1 unspecified atom stereocenters. The number of nitrogens with zero attached hydrogens (tertiary/aromatic N) is 1. The summed E-state index contributed by atoms with van der Waals surface area (Å²) in [4.78, 5) is 0. The van der Waals surface area contributed by atoms with Crippen LogP contribution < -0.4 is 11.1 Å². The lowest BCUT2D eigenvalue weighted by atomic mass is 10.0. The van der Waals surface area contributed by atoms with Gasteiger partial charge in [-0.2, -0.15) is 0 Å². The molecule has 0 aliphatic heterocycles. The zero-order chi connectivity index (χ0) is 11.3. The van der Waals surface area contributed by atoms with Crippen molar-refractivity contribution in [3.63, 3.8) is 0 Å². The molecule has 88 valence electrons. The number of hydrogen-bond donors (Lipinski definition) is 4. The fraction of sp³-hybridized carbons (Fsp3) is 0.900. The lowest BCUT2D eigenvalue weighted by molar-refractivity contribution is 0.243. The second-order valence-corrected chi connectivity index (χ2v) is 4.34. The first-order valence-electron chi connectivity index (χ1n) is 5.49. The molecule has 1 aliphatic carbocycles. The highest BCUT2D eigenvalue weighted by Crippen LogP contribution is 2.47. The van der Waals surface area contributed by atoms with E-state index in [4.69, 9.17) is 16.0 Å². The molecule has 0 aromatic rings. The molecule has 0 aromatic heterocycles. The maximum Gasteiger partial charge on any atom is 0.156 e. The van der Waals surface area contributed by atoms with Gasteiger partial charge in [-0.05, 0) is 31.1 Å². The fourth-order valence-corrected chi connectivity index (χ4v) is 1.80. The lowest BCUT2D eigenvalue weighted by Gasteiger charge is -2.20. The normalized spacial score (nSPS) is 21.3. The molecule has 1 rings (SSSR count). The van der Waals surface area contributed by atoms with Crippen molar-refractivity contribution in [1.82, 2.24) is 5.32 Å².